The number of hydrogen-bond acceptors (Lipinski definition) is 11. The lowest BCUT2D eigenvalue weighted by atomic mass is 10.2. The molecule has 0 saturated heterocycles. The fourth-order valence-corrected chi connectivity index (χ4v) is 2.31. The molecule has 0 heterocycles. The monoisotopic (exact) mass is 560 g/mol. The van der Waals surface area contributed by atoms with Crippen LogP contribution in [-0.2, 0) is 52.3 Å². The molecule has 12 nitrogen and oxygen atoms in total. The quantitative estimate of drug-likeness (QED) is 0.0644. The van der Waals surface area contributed by atoms with E-state index in [0.29, 0.717) is 85.9 Å². The van der Waals surface area contributed by atoms with Crippen molar-refractivity contribution in [2.24, 2.45) is 0 Å². The summed E-state index contributed by atoms with van der Waals surface area (Å²) in [6.07, 6.45) is -0.645. The van der Waals surface area contributed by atoms with Crippen molar-refractivity contribution in [3.05, 3.63) is 0 Å². The summed E-state index contributed by atoms with van der Waals surface area (Å²) in [5, 5.41) is 9.22. The maximum atomic E-state index is 11.3. The zero-order valence-corrected chi connectivity index (χ0v) is 21.1. The van der Waals surface area contributed by atoms with Gasteiger partial charge in [-0.05, 0) is 0 Å². The molecule has 0 saturated carbocycles. The highest BCUT2D eigenvalue weighted by Gasteiger charge is 2.14. The predicted octanol–water partition coefficient (Wildman–Crippen LogP) is 0.475. The summed E-state index contributed by atoms with van der Waals surface area (Å²) in [6, 6.07) is 0. The first-order valence-corrected chi connectivity index (χ1v) is 12.2. The smallest absolute Gasteiger partial charge is 0.372 e. The van der Waals surface area contributed by atoms with Crippen LogP contribution in [0.1, 0.15) is 12.8 Å². The Morgan fingerprint density at radius 1 is 0.500 bits per heavy atom. The number of rotatable bonds is 27. The summed E-state index contributed by atoms with van der Waals surface area (Å²) < 4.78 is 42.1. The molecule has 34 heavy (non-hydrogen) atoms. The predicted molar refractivity (Wildman–Crippen MR) is 122 cm³/mol. The van der Waals surface area contributed by atoms with Crippen LogP contribution in [0.15, 0.2) is 0 Å². The molecular formula is C21H37BrO12. The van der Waals surface area contributed by atoms with E-state index in [1.54, 1.807) is 0 Å². The molecule has 0 aliphatic carbocycles. The van der Waals surface area contributed by atoms with Crippen molar-refractivity contribution < 1.29 is 57.4 Å². The molecule has 0 fully saturated rings. The van der Waals surface area contributed by atoms with E-state index < -0.39 is 17.7 Å². The molecule has 0 bridgehead atoms. The molecule has 0 aromatic rings. The van der Waals surface area contributed by atoms with E-state index in [9.17, 15) is 14.4 Å². The van der Waals surface area contributed by atoms with Crippen molar-refractivity contribution in [1.29, 1.82) is 0 Å². The maximum Gasteiger partial charge on any atom is 0.372 e. The molecule has 0 aromatic heterocycles. The molecule has 13 heteroatoms. The van der Waals surface area contributed by atoms with Crippen LogP contribution in [0.2, 0.25) is 0 Å². The van der Waals surface area contributed by atoms with E-state index in [-0.39, 0.29) is 26.1 Å². The van der Waals surface area contributed by atoms with Crippen LogP contribution in [0.5, 0.6) is 0 Å². The van der Waals surface area contributed by atoms with Gasteiger partial charge in [-0.2, -0.15) is 0 Å². The number of carbonyl (C=O) groups excluding carboxylic acids is 2. The number of alkyl halides is 1. The van der Waals surface area contributed by atoms with E-state index in [2.05, 4.69) is 15.9 Å². The third-order valence-electron chi connectivity index (χ3n) is 3.74. The normalized spacial score (nSPS) is 11.0. The summed E-state index contributed by atoms with van der Waals surface area (Å²) in [7, 11) is 0. The Labute approximate surface area is 208 Å². The van der Waals surface area contributed by atoms with E-state index in [1.165, 1.54) is 0 Å². The first-order valence-electron chi connectivity index (χ1n) is 11.1. The third kappa shape index (κ3) is 25.4. The Bertz CT molecular complexity index is 506. The van der Waals surface area contributed by atoms with Crippen LogP contribution in [0, 0.1) is 0 Å². The van der Waals surface area contributed by atoms with Gasteiger partial charge in [0, 0.05) is 11.8 Å². The van der Waals surface area contributed by atoms with Crippen LogP contribution in [0.3, 0.4) is 0 Å². The van der Waals surface area contributed by atoms with Crippen LogP contribution in [0.4, 0.5) is 0 Å². The first-order chi connectivity index (χ1) is 16.6. The van der Waals surface area contributed by atoms with Gasteiger partial charge in [-0.1, -0.05) is 15.9 Å². The minimum atomic E-state index is -1.56. The number of halogens is 1. The van der Waals surface area contributed by atoms with E-state index in [0.717, 1.165) is 5.33 Å². The summed E-state index contributed by atoms with van der Waals surface area (Å²) >= 11 is 3.28. The highest BCUT2D eigenvalue weighted by molar-refractivity contribution is 9.09. The molecular weight excluding hydrogens is 524 g/mol. The van der Waals surface area contributed by atoms with Gasteiger partial charge in [-0.15, -0.1) is 0 Å². The number of ether oxygens (including phenoxy) is 8. The minimum absolute atomic E-state index is 0.0231. The van der Waals surface area contributed by atoms with Gasteiger partial charge in [-0.3, -0.25) is 9.59 Å². The van der Waals surface area contributed by atoms with E-state index in [4.69, 9.17) is 43.0 Å². The molecule has 0 radical (unpaired) electrons. The van der Waals surface area contributed by atoms with Crippen LogP contribution in [-0.4, -0.2) is 127 Å². The molecule has 0 aliphatic heterocycles. The van der Waals surface area contributed by atoms with Gasteiger partial charge in [0.05, 0.1) is 98.9 Å². The minimum Gasteiger partial charge on any atom is -0.476 e. The molecule has 0 rings (SSSR count). The van der Waals surface area contributed by atoms with Gasteiger partial charge in [0.2, 0.25) is 5.78 Å². The SMILES string of the molecule is O=C(CCC(=O)C(=O)O)OCCOCCOCCOCCOCCOCCOCCOCCBr. The standard InChI is InChI=1S/C21H37BrO12/c22-3-4-27-5-6-28-7-8-29-9-10-30-11-12-31-13-14-32-15-16-33-17-18-34-20(24)2-1-19(23)21(25)26/h1-18H2,(H,25,26). The fraction of sp³-hybridized carbons (Fsp3) is 0.857. The second-order valence-electron chi connectivity index (χ2n) is 6.42. The highest BCUT2D eigenvalue weighted by atomic mass is 79.9. The van der Waals surface area contributed by atoms with Gasteiger partial charge in [0.1, 0.15) is 6.61 Å². The molecule has 0 amide bonds. The van der Waals surface area contributed by atoms with Crippen molar-refractivity contribution in [1.82, 2.24) is 0 Å². The lowest BCUT2D eigenvalue weighted by molar-refractivity contribution is -0.151. The second-order valence-corrected chi connectivity index (χ2v) is 7.22. The summed E-state index contributed by atoms with van der Waals surface area (Å²) in [4.78, 5) is 32.5. The van der Waals surface area contributed by atoms with Crippen molar-refractivity contribution in [3.63, 3.8) is 0 Å². The summed E-state index contributed by atoms with van der Waals surface area (Å²) in [5.41, 5.74) is 0. The molecule has 0 atom stereocenters. The summed E-state index contributed by atoms with van der Waals surface area (Å²) in [6.45, 7) is 6.52. The van der Waals surface area contributed by atoms with Gasteiger partial charge >= 0.3 is 11.9 Å². The lowest BCUT2D eigenvalue weighted by Crippen LogP contribution is -2.17. The zero-order chi connectivity index (χ0) is 25.1. The molecule has 1 N–H and O–H groups in total. The van der Waals surface area contributed by atoms with E-state index >= 15 is 0 Å². The van der Waals surface area contributed by atoms with Crippen molar-refractivity contribution >= 4 is 33.7 Å². The molecule has 200 valence electrons. The number of carbonyl (C=O) groups is 3. The van der Waals surface area contributed by atoms with Crippen LogP contribution >= 0.6 is 15.9 Å². The summed E-state index contributed by atoms with van der Waals surface area (Å²) in [5.74, 6) is -3.22. The number of esters is 1. The largest absolute Gasteiger partial charge is 0.476 e. The Kier molecular flexibility index (Phi) is 25.5. The van der Waals surface area contributed by atoms with Gasteiger partial charge < -0.3 is 43.0 Å². The number of aliphatic carboxylic acids is 1. The molecule has 0 aliphatic rings. The average molecular weight is 561 g/mol. The molecule has 0 unspecified atom stereocenters. The molecule has 0 aromatic carbocycles. The number of Topliss-reactive ketones (excluding diaryl/α,β-unsaturated/α-hetero) is 1. The topological polar surface area (TPSA) is 145 Å². The average Bonchev–Trinajstić information content (AvgIpc) is 2.82. The van der Waals surface area contributed by atoms with Gasteiger partial charge in [0.15, 0.2) is 0 Å². The Hall–Kier alpha value is -1.19. The Balaban J connectivity index is 3.14. The number of ketones is 1. The number of carboxylic acid groups (broad SMARTS) is 1. The first kappa shape index (κ1) is 32.8. The number of hydrogen-bond donors (Lipinski definition) is 1. The van der Waals surface area contributed by atoms with Crippen LogP contribution in [0.25, 0.3) is 0 Å². The molecule has 0 spiro atoms. The third-order valence-corrected chi connectivity index (χ3v) is 4.06. The van der Waals surface area contributed by atoms with Gasteiger partial charge in [-0.25, -0.2) is 4.79 Å². The van der Waals surface area contributed by atoms with Crippen molar-refractivity contribution in [2.75, 3.05) is 104 Å². The lowest BCUT2D eigenvalue weighted by Gasteiger charge is -2.08. The Morgan fingerprint density at radius 2 is 0.824 bits per heavy atom. The van der Waals surface area contributed by atoms with E-state index in [1.807, 2.05) is 0 Å². The van der Waals surface area contributed by atoms with Crippen molar-refractivity contribution in [2.45, 2.75) is 12.8 Å². The van der Waals surface area contributed by atoms with Gasteiger partial charge in [0.25, 0.3) is 0 Å². The second kappa shape index (κ2) is 26.4. The maximum absolute atomic E-state index is 11.3. The Morgan fingerprint density at radius 3 is 1.15 bits per heavy atom. The number of carboxylic acids is 1. The highest BCUT2D eigenvalue weighted by Crippen LogP contribution is 1.95. The zero-order valence-electron chi connectivity index (χ0n) is 19.5. The van der Waals surface area contributed by atoms with Crippen LogP contribution < -0.4 is 0 Å². The van der Waals surface area contributed by atoms with Crippen molar-refractivity contribution in [3.8, 4) is 0 Å². The fourth-order valence-electron chi connectivity index (χ4n) is 2.09.